The minimum atomic E-state index is 0. The Labute approximate surface area is 133 Å². The summed E-state index contributed by atoms with van der Waals surface area (Å²) in [6.45, 7) is 9.58. The number of carbonyl (C=O) groups is 1. The van der Waals surface area contributed by atoms with E-state index in [-0.39, 0.29) is 29.9 Å². The van der Waals surface area contributed by atoms with Gasteiger partial charge in [0, 0.05) is 26.7 Å². The quantitative estimate of drug-likeness (QED) is 0.440. The van der Waals surface area contributed by atoms with Gasteiger partial charge in [-0.25, -0.2) is 0 Å². The molecule has 19 heavy (non-hydrogen) atoms. The fraction of sp³-hybridized carbons (Fsp3) is 0.846. The van der Waals surface area contributed by atoms with Gasteiger partial charge in [-0.05, 0) is 18.3 Å². The minimum absolute atomic E-state index is 0. The number of halogens is 1. The highest BCUT2D eigenvalue weighted by atomic mass is 127. The van der Waals surface area contributed by atoms with Gasteiger partial charge < -0.3 is 15.5 Å². The Bertz CT molecular complexity index is 318. The average molecular weight is 382 g/mol. The Morgan fingerprint density at radius 1 is 1.37 bits per heavy atom. The standard InChI is InChI=1S/C13H26N4O.HI/c1-5-7-15-11(18)9-16-12(14-4)17-8-6-13(2,3)10-17;/h5-10H2,1-4H3,(H,14,16)(H,15,18);1H. The van der Waals surface area contributed by atoms with Crippen LogP contribution in [0.3, 0.4) is 0 Å². The maximum atomic E-state index is 11.5. The van der Waals surface area contributed by atoms with Crippen LogP contribution in [-0.4, -0.2) is 50.0 Å². The third kappa shape index (κ3) is 6.44. The Kier molecular flexibility index (Phi) is 8.36. The zero-order valence-corrected chi connectivity index (χ0v) is 14.8. The first-order chi connectivity index (χ1) is 8.48. The maximum absolute atomic E-state index is 11.5. The van der Waals surface area contributed by atoms with Gasteiger partial charge in [-0.15, -0.1) is 24.0 Å². The molecule has 0 unspecified atom stereocenters. The van der Waals surface area contributed by atoms with Gasteiger partial charge in [0.25, 0.3) is 0 Å². The van der Waals surface area contributed by atoms with Crippen molar-refractivity contribution in [2.45, 2.75) is 33.6 Å². The average Bonchev–Trinajstić information content (AvgIpc) is 2.68. The van der Waals surface area contributed by atoms with Crippen molar-refractivity contribution in [1.82, 2.24) is 15.5 Å². The molecule has 1 amide bonds. The monoisotopic (exact) mass is 382 g/mol. The van der Waals surface area contributed by atoms with E-state index in [1.807, 2.05) is 6.92 Å². The summed E-state index contributed by atoms with van der Waals surface area (Å²) in [6.07, 6.45) is 2.12. The van der Waals surface area contributed by atoms with Crippen molar-refractivity contribution in [1.29, 1.82) is 0 Å². The number of likely N-dealkylation sites (tertiary alicyclic amines) is 1. The van der Waals surface area contributed by atoms with E-state index in [0.29, 0.717) is 12.0 Å². The number of rotatable bonds is 4. The Hall–Kier alpha value is -0.530. The van der Waals surface area contributed by atoms with Crippen LogP contribution in [0.25, 0.3) is 0 Å². The van der Waals surface area contributed by atoms with Crippen molar-refractivity contribution in [2.24, 2.45) is 10.4 Å². The zero-order chi connectivity index (χ0) is 13.6. The maximum Gasteiger partial charge on any atom is 0.239 e. The zero-order valence-electron chi connectivity index (χ0n) is 12.5. The summed E-state index contributed by atoms with van der Waals surface area (Å²) in [5, 5.41) is 5.97. The molecule has 1 fully saturated rings. The van der Waals surface area contributed by atoms with E-state index in [1.54, 1.807) is 7.05 Å². The fourth-order valence-corrected chi connectivity index (χ4v) is 2.11. The molecule has 0 radical (unpaired) electrons. The van der Waals surface area contributed by atoms with Crippen molar-refractivity contribution in [3.8, 4) is 0 Å². The van der Waals surface area contributed by atoms with E-state index in [9.17, 15) is 4.79 Å². The summed E-state index contributed by atoms with van der Waals surface area (Å²) in [6, 6.07) is 0. The van der Waals surface area contributed by atoms with Crippen LogP contribution in [0.4, 0.5) is 0 Å². The molecule has 0 atom stereocenters. The highest BCUT2D eigenvalue weighted by molar-refractivity contribution is 14.0. The second-order valence-corrected chi connectivity index (χ2v) is 5.59. The van der Waals surface area contributed by atoms with Crippen LogP contribution in [0, 0.1) is 5.41 Å². The minimum Gasteiger partial charge on any atom is -0.355 e. The number of amides is 1. The lowest BCUT2D eigenvalue weighted by molar-refractivity contribution is -0.120. The molecule has 0 aliphatic carbocycles. The number of aliphatic imine (C=N–C) groups is 1. The van der Waals surface area contributed by atoms with E-state index in [4.69, 9.17) is 0 Å². The van der Waals surface area contributed by atoms with Crippen LogP contribution >= 0.6 is 24.0 Å². The van der Waals surface area contributed by atoms with Crippen LogP contribution in [0.1, 0.15) is 33.6 Å². The molecule has 1 aliphatic heterocycles. The van der Waals surface area contributed by atoms with Gasteiger partial charge >= 0.3 is 0 Å². The molecule has 112 valence electrons. The number of nitrogens with one attached hydrogen (secondary N) is 2. The van der Waals surface area contributed by atoms with Crippen molar-refractivity contribution in [3.63, 3.8) is 0 Å². The first-order valence-corrected chi connectivity index (χ1v) is 6.71. The van der Waals surface area contributed by atoms with Crippen molar-refractivity contribution >= 4 is 35.8 Å². The molecular weight excluding hydrogens is 355 g/mol. The normalized spacial score (nSPS) is 17.9. The Morgan fingerprint density at radius 2 is 2.05 bits per heavy atom. The lowest BCUT2D eigenvalue weighted by Crippen LogP contribution is -2.45. The number of hydrogen-bond acceptors (Lipinski definition) is 2. The third-order valence-corrected chi connectivity index (χ3v) is 3.17. The SMILES string of the molecule is CCCNC(=O)CNC(=NC)N1CCC(C)(C)C1.I. The molecule has 0 aromatic rings. The molecule has 5 nitrogen and oxygen atoms in total. The van der Waals surface area contributed by atoms with Crippen LogP contribution < -0.4 is 10.6 Å². The summed E-state index contributed by atoms with van der Waals surface area (Å²) < 4.78 is 0. The Morgan fingerprint density at radius 3 is 2.53 bits per heavy atom. The van der Waals surface area contributed by atoms with Crippen molar-refractivity contribution in [3.05, 3.63) is 0 Å². The molecule has 0 aromatic carbocycles. The van der Waals surface area contributed by atoms with E-state index in [0.717, 1.165) is 38.4 Å². The van der Waals surface area contributed by atoms with Gasteiger partial charge in [0.15, 0.2) is 5.96 Å². The molecule has 0 spiro atoms. The van der Waals surface area contributed by atoms with Gasteiger partial charge in [0.1, 0.15) is 0 Å². The van der Waals surface area contributed by atoms with E-state index in [2.05, 4.69) is 34.4 Å². The molecule has 1 rings (SSSR count). The molecule has 0 bridgehead atoms. The smallest absolute Gasteiger partial charge is 0.239 e. The number of nitrogens with zero attached hydrogens (tertiary/aromatic N) is 2. The summed E-state index contributed by atoms with van der Waals surface area (Å²) >= 11 is 0. The van der Waals surface area contributed by atoms with Crippen LogP contribution in [0.2, 0.25) is 0 Å². The second kappa shape index (κ2) is 8.60. The second-order valence-electron chi connectivity index (χ2n) is 5.59. The highest BCUT2D eigenvalue weighted by Crippen LogP contribution is 2.28. The van der Waals surface area contributed by atoms with Crippen LogP contribution in [0.5, 0.6) is 0 Å². The third-order valence-electron chi connectivity index (χ3n) is 3.17. The van der Waals surface area contributed by atoms with Crippen LogP contribution in [0.15, 0.2) is 4.99 Å². The fourth-order valence-electron chi connectivity index (χ4n) is 2.11. The van der Waals surface area contributed by atoms with Gasteiger partial charge in [-0.2, -0.15) is 0 Å². The summed E-state index contributed by atoms with van der Waals surface area (Å²) in [5.74, 6) is 0.851. The number of guanidine groups is 1. The number of hydrogen-bond donors (Lipinski definition) is 2. The largest absolute Gasteiger partial charge is 0.355 e. The predicted octanol–water partition coefficient (Wildman–Crippen LogP) is 1.44. The topological polar surface area (TPSA) is 56.7 Å². The molecule has 0 saturated carbocycles. The van der Waals surface area contributed by atoms with Crippen molar-refractivity contribution < 1.29 is 4.79 Å². The van der Waals surface area contributed by atoms with Crippen LogP contribution in [-0.2, 0) is 4.79 Å². The first-order valence-electron chi connectivity index (χ1n) is 6.71. The molecule has 2 N–H and O–H groups in total. The van der Waals surface area contributed by atoms with E-state index < -0.39 is 0 Å². The molecule has 1 heterocycles. The summed E-state index contributed by atoms with van der Waals surface area (Å²) in [7, 11) is 1.76. The molecular formula is C13H27IN4O. The van der Waals surface area contributed by atoms with Crippen molar-refractivity contribution in [2.75, 3.05) is 33.2 Å². The lowest BCUT2D eigenvalue weighted by atomic mass is 9.93. The molecule has 6 heteroatoms. The Balaban J connectivity index is 0.00000324. The van der Waals surface area contributed by atoms with E-state index in [1.165, 1.54) is 0 Å². The van der Waals surface area contributed by atoms with Gasteiger partial charge in [0.05, 0.1) is 6.54 Å². The molecule has 0 aromatic heterocycles. The predicted molar refractivity (Wildman–Crippen MR) is 90.0 cm³/mol. The highest BCUT2D eigenvalue weighted by Gasteiger charge is 2.30. The molecule has 1 aliphatic rings. The summed E-state index contributed by atoms with van der Waals surface area (Å²) in [4.78, 5) is 18.0. The lowest BCUT2D eigenvalue weighted by Gasteiger charge is -2.23. The molecule has 1 saturated heterocycles. The number of carbonyl (C=O) groups excluding carboxylic acids is 1. The van der Waals surface area contributed by atoms with E-state index >= 15 is 0 Å². The van der Waals surface area contributed by atoms with Gasteiger partial charge in [-0.1, -0.05) is 20.8 Å². The summed E-state index contributed by atoms with van der Waals surface area (Å²) in [5.41, 5.74) is 0.335. The van der Waals surface area contributed by atoms with Gasteiger partial charge in [-0.3, -0.25) is 9.79 Å². The van der Waals surface area contributed by atoms with Gasteiger partial charge in [0.2, 0.25) is 5.91 Å². The first kappa shape index (κ1) is 18.5.